The topological polar surface area (TPSA) is 49.3 Å². The van der Waals surface area contributed by atoms with Crippen LogP contribution in [-0.4, -0.2) is 23.7 Å². The molecule has 0 amide bonds. The number of aliphatic carboxylic acids is 1. The molecule has 2 aliphatic rings. The highest BCUT2D eigenvalue weighted by atomic mass is 16.4. The Morgan fingerprint density at radius 1 is 1.50 bits per heavy atom. The molecule has 0 aromatic carbocycles. The van der Waals surface area contributed by atoms with E-state index in [9.17, 15) is 4.79 Å². The number of carbonyl (C=O) groups is 1. The van der Waals surface area contributed by atoms with Gasteiger partial charge in [0, 0.05) is 0 Å². The van der Waals surface area contributed by atoms with Crippen LogP contribution in [0.4, 0.5) is 0 Å². The molecule has 1 aliphatic carbocycles. The van der Waals surface area contributed by atoms with Crippen molar-refractivity contribution in [3.05, 3.63) is 0 Å². The molecule has 1 saturated carbocycles. The van der Waals surface area contributed by atoms with Crippen LogP contribution in [0.3, 0.4) is 0 Å². The summed E-state index contributed by atoms with van der Waals surface area (Å²) in [5.41, 5.74) is 0. The van der Waals surface area contributed by atoms with Crippen molar-refractivity contribution in [2.75, 3.05) is 6.54 Å². The molecular formula is C7H11NO2. The Hall–Kier alpha value is -0.570. The summed E-state index contributed by atoms with van der Waals surface area (Å²) in [6.45, 7) is 0.918. The molecule has 2 N–H and O–H groups in total. The van der Waals surface area contributed by atoms with Crippen LogP contribution < -0.4 is 5.32 Å². The fraction of sp³-hybridized carbons (Fsp3) is 0.857. The summed E-state index contributed by atoms with van der Waals surface area (Å²) in [5, 5.41) is 11.7. The molecule has 2 unspecified atom stereocenters. The summed E-state index contributed by atoms with van der Waals surface area (Å²) >= 11 is 0. The van der Waals surface area contributed by atoms with Gasteiger partial charge >= 0.3 is 5.97 Å². The molecule has 0 aromatic rings. The predicted molar refractivity (Wildman–Crippen MR) is 35.6 cm³/mol. The van der Waals surface area contributed by atoms with Crippen molar-refractivity contribution in [1.29, 1.82) is 0 Å². The average molecular weight is 141 g/mol. The van der Waals surface area contributed by atoms with Crippen LogP contribution >= 0.6 is 0 Å². The Morgan fingerprint density at radius 3 is 2.60 bits per heavy atom. The van der Waals surface area contributed by atoms with E-state index >= 15 is 0 Å². The maximum absolute atomic E-state index is 10.5. The highest BCUT2D eigenvalue weighted by Gasteiger charge is 2.45. The molecule has 3 heteroatoms. The predicted octanol–water partition coefficient (Wildman–Crippen LogP) is 0.0690. The van der Waals surface area contributed by atoms with Crippen LogP contribution in [0.25, 0.3) is 0 Å². The smallest absolute Gasteiger partial charge is 0.320 e. The van der Waals surface area contributed by atoms with Crippen molar-refractivity contribution in [3.63, 3.8) is 0 Å². The van der Waals surface area contributed by atoms with E-state index < -0.39 is 5.97 Å². The van der Waals surface area contributed by atoms with E-state index in [4.69, 9.17) is 5.11 Å². The van der Waals surface area contributed by atoms with E-state index in [0.717, 1.165) is 13.0 Å². The van der Waals surface area contributed by atoms with Crippen molar-refractivity contribution in [1.82, 2.24) is 5.32 Å². The molecular weight excluding hydrogens is 130 g/mol. The molecule has 3 atom stereocenters. The maximum Gasteiger partial charge on any atom is 0.320 e. The third-order valence-corrected chi connectivity index (χ3v) is 2.77. The van der Waals surface area contributed by atoms with Gasteiger partial charge in [0.25, 0.3) is 0 Å². The van der Waals surface area contributed by atoms with E-state index in [-0.39, 0.29) is 6.04 Å². The first-order valence-corrected chi connectivity index (χ1v) is 3.75. The lowest BCUT2D eigenvalue weighted by Crippen LogP contribution is -2.38. The Balaban J connectivity index is 2.05. The minimum Gasteiger partial charge on any atom is -0.480 e. The van der Waals surface area contributed by atoms with Gasteiger partial charge in [-0.15, -0.1) is 0 Å². The van der Waals surface area contributed by atoms with Crippen LogP contribution in [0.5, 0.6) is 0 Å². The van der Waals surface area contributed by atoms with Crippen molar-refractivity contribution in [2.24, 2.45) is 11.8 Å². The van der Waals surface area contributed by atoms with Gasteiger partial charge in [0.05, 0.1) is 0 Å². The Bertz CT molecular complexity index is 169. The summed E-state index contributed by atoms with van der Waals surface area (Å²) in [6, 6.07) is -0.237. The van der Waals surface area contributed by atoms with Crippen molar-refractivity contribution in [2.45, 2.75) is 18.9 Å². The Kier molecular flexibility index (Phi) is 1.20. The number of hydrogen-bond acceptors (Lipinski definition) is 2. The summed E-state index contributed by atoms with van der Waals surface area (Å²) in [6.07, 6.45) is 2.33. The minimum atomic E-state index is -0.674. The molecule has 0 aromatic heterocycles. The van der Waals surface area contributed by atoms with E-state index in [1.807, 2.05) is 0 Å². The van der Waals surface area contributed by atoms with Gasteiger partial charge in [-0.25, -0.2) is 0 Å². The normalized spacial score (nSPS) is 44.2. The van der Waals surface area contributed by atoms with Crippen molar-refractivity contribution >= 4 is 5.97 Å². The third kappa shape index (κ3) is 0.669. The van der Waals surface area contributed by atoms with Crippen LogP contribution in [0, 0.1) is 11.8 Å². The standard InChI is InChI=1S/C7H11NO2/c9-7(10)6-5-2-1-4(5)3-8-6/h4-6,8H,1-3H2,(H,9,10)/t4?,5?,6-/m0/s1. The van der Waals surface area contributed by atoms with Gasteiger partial charge in [0.1, 0.15) is 6.04 Å². The van der Waals surface area contributed by atoms with Gasteiger partial charge in [0.2, 0.25) is 0 Å². The molecule has 1 aliphatic heterocycles. The molecule has 3 nitrogen and oxygen atoms in total. The zero-order chi connectivity index (χ0) is 7.14. The summed E-state index contributed by atoms with van der Waals surface area (Å²) < 4.78 is 0. The highest BCUT2D eigenvalue weighted by molar-refractivity contribution is 5.74. The highest BCUT2D eigenvalue weighted by Crippen LogP contribution is 2.40. The number of carboxylic acids is 1. The lowest BCUT2D eigenvalue weighted by Gasteiger charge is -2.30. The third-order valence-electron chi connectivity index (χ3n) is 2.77. The van der Waals surface area contributed by atoms with Gasteiger partial charge in [-0.2, -0.15) is 0 Å². The molecule has 1 heterocycles. The number of nitrogens with one attached hydrogen (secondary N) is 1. The second-order valence-corrected chi connectivity index (χ2v) is 3.23. The fourth-order valence-corrected chi connectivity index (χ4v) is 1.99. The van der Waals surface area contributed by atoms with Gasteiger partial charge in [-0.05, 0) is 31.2 Å². The first-order chi connectivity index (χ1) is 4.79. The van der Waals surface area contributed by atoms with E-state index in [0.29, 0.717) is 11.8 Å². The molecule has 0 bridgehead atoms. The zero-order valence-corrected chi connectivity index (χ0v) is 5.71. The summed E-state index contributed by atoms with van der Waals surface area (Å²) in [5.74, 6) is 0.436. The van der Waals surface area contributed by atoms with Crippen LogP contribution in [0.2, 0.25) is 0 Å². The van der Waals surface area contributed by atoms with Crippen molar-refractivity contribution in [3.8, 4) is 0 Å². The van der Waals surface area contributed by atoms with E-state index in [1.54, 1.807) is 0 Å². The van der Waals surface area contributed by atoms with Crippen LogP contribution in [0.1, 0.15) is 12.8 Å². The van der Waals surface area contributed by atoms with Gasteiger partial charge in [0.15, 0.2) is 0 Å². The monoisotopic (exact) mass is 141 g/mol. The van der Waals surface area contributed by atoms with Crippen LogP contribution in [0.15, 0.2) is 0 Å². The Labute approximate surface area is 59.4 Å². The molecule has 0 radical (unpaired) electrons. The minimum absolute atomic E-state index is 0.237. The van der Waals surface area contributed by atoms with E-state index in [2.05, 4.69) is 5.32 Å². The molecule has 2 fully saturated rings. The van der Waals surface area contributed by atoms with Gasteiger partial charge < -0.3 is 10.4 Å². The second kappa shape index (κ2) is 1.95. The first kappa shape index (κ1) is 6.16. The van der Waals surface area contributed by atoms with Gasteiger partial charge in [-0.3, -0.25) is 4.79 Å². The number of carboxylic acid groups (broad SMARTS) is 1. The molecule has 0 spiro atoms. The van der Waals surface area contributed by atoms with E-state index in [1.165, 1.54) is 6.42 Å². The first-order valence-electron chi connectivity index (χ1n) is 3.75. The molecule has 10 heavy (non-hydrogen) atoms. The lowest BCUT2D eigenvalue weighted by atomic mass is 9.73. The summed E-state index contributed by atoms with van der Waals surface area (Å²) in [4.78, 5) is 10.5. The lowest BCUT2D eigenvalue weighted by molar-refractivity contribution is -0.141. The number of rotatable bonds is 1. The van der Waals surface area contributed by atoms with Gasteiger partial charge in [-0.1, -0.05) is 0 Å². The molecule has 1 saturated heterocycles. The molecule has 2 rings (SSSR count). The van der Waals surface area contributed by atoms with Crippen LogP contribution in [-0.2, 0) is 4.79 Å². The zero-order valence-electron chi connectivity index (χ0n) is 5.71. The number of fused-ring (bicyclic) bond motifs is 1. The fourth-order valence-electron chi connectivity index (χ4n) is 1.99. The average Bonchev–Trinajstić information content (AvgIpc) is 2.07. The van der Waals surface area contributed by atoms with Crippen molar-refractivity contribution < 1.29 is 9.90 Å². The quantitative estimate of drug-likeness (QED) is 0.543. The number of hydrogen-bond donors (Lipinski definition) is 2. The maximum atomic E-state index is 10.5. The molecule has 56 valence electrons. The second-order valence-electron chi connectivity index (χ2n) is 3.23. The summed E-state index contributed by atoms with van der Waals surface area (Å²) in [7, 11) is 0. The SMILES string of the molecule is O=C(O)[C@H]1NCC2CCC21. The largest absolute Gasteiger partial charge is 0.480 e. The Morgan fingerprint density at radius 2 is 2.30 bits per heavy atom.